The van der Waals surface area contributed by atoms with Gasteiger partial charge in [-0.05, 0) is 13.0 Å². The van der Waals surface area contributed by atoms with Crippen molar-refractivity contribution in [1.82, 2.24) is 10.2 Å². The van der Waals surface area contributed by atoms with Crippen LogP contribution in [0.15, 0.2) is 0 Å². The molecule has 0 aromatic rings. The molecule has 1 aliphatic rings. The summed E-state index contributed by atoms with van der Waals surface area (Å²) in [6.45, 7) is 2.21. The van der Waals surface area contributed by atoms with E-state index in [2.05, 4.69) is 5.32 Å². The summed E-state index contributed by atoms with van der Waals surface area (Å²) in [7, 11) is -3.93. The Morgan fingerprint density at radius 2 is 2.00 bits per heavy atom. The zero-order chi connectivity index (χ0) is 12.2. The zero-order valence-electron chi connectivity index (χ0n) is 9.69. The molecule has 1 saturated heterocycles. The molecule has 1 rings (SSSR count). The molecule has 110 valence electrons. The Bertz CT molecular complexity index is 301. The van der Waals surface area contributed by atoms with Gasteiger partial charge in [-0.3, -0.25) is 14.3 Å². The minimum Gasteiger partial charge on any atom is -0.480 e. The molecule has 0 aliphatic carbocycles. The second kappa shape index (κ2) is 9.09. The normalized spacial score (nSPS) is 20.7. The third-order valence-electron chi connectivity index (χ3n) is 2.48. The molecule has 0 bridgehead atoms. The van der Waals surface area contributed by atoms with Crippen molar-refractivity contribution in [3.63, 3.8) is 0 Å². The number of hydrogen-bond acceptors (Lipinski definition) is 4. The van der Waals surface area contributed by atoms with Crippen molar-refractivity contribution in [3.05, 3.63) is 0 Å². The summed E-state index contributed by atoms with van der Waals surface area (Å²) in [6.07, 6.45) is 0.241. The van der Waals surface area contributed by atoms with Crippen LogP contribution < -0.4 is 5.32 Å². The minimum absolute atomic E-state index is 0. The van der Waals surface area contributed by atoms with Gasteiger partial charge >= 0.3 is 13.6 Å². The Balaban J connectivity index is 0. The van der Waals surface area contributed by atoms with Gasteiger partial charge in [-0.15, -0.1) is 24.8 Å². The third-order valence-corrected chi connectivity index (χ3v) is 3.38. The van der Waals surface area contributed by atoms with Gasteiger partial charge in [0.25, 0.3) is 0 Å². The van der Waals surface area contributed by atoms with E-state index in [-0.39, 0.29) is 31.0 Å². The lowest BCUT2D eigenvalue weighted by Crippen LogP contribution is -2.54. The van der Waals surface area contributed by atoms with Crippen LogP contribution in [0.5, 0.6) is 0 Å². The molecule has 0 aromatic carbocycles. The first kappa shape index (κ1) is 20.4. The topological polar surface area (TPSA) is 110 Å². The minimum atomic E-state index is -3.93. The maximum Gasteiger partial charge on any atom is 0.325 e. The van der Waals surface area contributed by atoms with E-state index >= 15 is 0 Å². The van der Waals surface area contributed by atoms with Gasteiger partial charge in [0.2, 0.25) is 0 Å². The van der Waals surface area contributed by atoms with Gasteiger partial charge in [-0.2, -0.15) is 0 Å². The van der Waals surface area contributed by atoms with Crippen molar-refractivity contribution in [2.24, 2.45) is 0 Å². The molecule has 0 saturated carbocycles. The molecule has 7 nitrogen and oxygen atoms in total. The number of piperazine rings is 1. The number of carboxylic acid groups (broad SMARTS) is 1. The Hall–Kier alpha value is 0.120. The lowest BCUT2D eigenvalue weighted by Gasteiger charge is -2.31. The van der Waals surface area contributed by atoms with E-state index in [9.17, 15) is 9.36 Å². The van der Waals surface area contributed by atoms with E-state index in [0.29, 0.717) is 32.6 Å². The predicted molar refractivity (Wildman–Crippen MR) is 71.9 cm³/mol. The quantitative estimate of drug-likeness (QED) is 0.516. The van der Waals surface area contributed by atoms with E-state index in [1.807, 2.05) is 4.90 Å². The van der Waals surface area contributed by atoms with Gasteiger partial charge in [-0.25, -0.2) is 0 Å². The molecule has 0 aromatic heterocycles. The number of carboxylic acids is 1. The lowest BCUT2D eigenvalue weighted by atomic mass is 10.2. The second-order valence-electron chi connectivity index (χ2n) is 3.89. The van der Waals surface area contributed by atoms with Crippen LogP contribution in [0.3, 0.4) is 0 Å². The number of aliphatic carboxylic acids is 1. The fourth-order valence-electron chi connectivity index (χ4n) is 1.68. The van der Waals surface area contributed by atoms with E-state index in [4.69, 9.17) is 14.9 Å². The molecule has 0 radical (unpaired) electrons. The maximum atomic E-state index is 10.7. The van der Waals surface area contributed by atoms with Crippen LogP contribution in [0.2, 0.25) is 0 Å². The maximum absolute atomic E-state index is 10.7. The Kier molecular flexibility index (Phi) is 10.3. The van der Waals surface area contributed by atoms with E-state index in [1.54, 1.807) is 0 Å². The average Bonchev–Trinajstić information content (AvgIpc) is 2.16. The standard InChI is InChI=1S/C8H17N2O5P.2ClH/c11-8(12)7-6-10(4-2-9-7)3-1-5-16(13,14)15;;/h7,9H,1-6H2,(H,11,12)(H2,13,14,15);2*1H. The van der Waals surface area contributed by atoms with Crippen molar-refractivity contribution in [1.29, 1.82) is 0 Å². The first-order valence-electron chi connectivity index (χ1n) is 5.11. The molecule has 1 fully saturated rings. The highest BCUT2D eigenvalue weighted by atomic mass is 35.5. The van der Waals surface area contributed by atoms with Gasteiger partial charge in [0.15, 0.2) is 0 Å². The second-order valence-corrected chi connectivity index (χ2v) is 5.66. The van der Waals surface area contributed by atoms with Crippen LogP contribution >= 0.6 is 32.4 Å². The number of carbonyl (C=O) groups is 1. The summed E-state index contributed by atoms with van der Waals surface area (Å²) in [6, 6.07) is -0.580. The average molecular weight is 325 g/mol. The van der Waals surface area contributed by atoms with Gasteiger partial charge in [-0.1, -0.05) is 0 Å². The molecule has 1 aliphatic heterocycles. The first-order chi connectivity index (χ1) is 7.38. The molecule has 1 heterocycles. The van der Waals surface area contributed by atoms with Gasteiger partial charge in [0, 0.05) is 19.6 Å². The summed E-state index contributed by atoms with van der Waals surface area (Å²) >= 11 is 0. The smallest absolute Gasteiger partial charge is 0.325 e. The fourth-order valence-corrected chi connectivity index (χ4v) is 2.23. The fraction of sp³-hybridized carbons (Fsp3) is 0.875. The molecule has 1 unspecified atom stereocenters. The van der Waals surface area contributed by atoms with Crippen molar-refractivity contribution in [3.8, 4) is 0 Å². The molecule has 18 heavy (non-hydrogen) atoms. The summed E-state index contributed by atoms with van der Waals surface area (Å²) < 4.78 is 10.6. The van der Waals surface area contributed by atoms with Crippen LogP contribution in [0, 0.1) is 0 Å². The van der Waals surface area contributed by atoms with E-state index in [1.165, 1.54) is 0 Å². The number of nitrogens with one attached hydrogen (secondary N) is 1. The summed E-state index contributed by atoms with van der Waals surface area (Å²) in [4.78, 5) is 30.0. The van der Waals surface area contributed by atoms with Gasteiger partial charge in [0.05, 0.1) is 6.16 Å². The zero-order valence-corrected chi connectivity index (χ0v) is 12.2. The molecule has 0 amide bonds. The highest BCUT2D eigenvalue weighted by Gasteiger charge is 2.24. The molecule has 10 heteroatoms. The lowest BCUT2D eigenvalue weighted by molar-refractivity contribution is -0.140. The van der Waals surface area contributed by atoms with Crippen LogP contribution in [0.4, 0.5) is 0 Å². The van der Waals surface area contributed by atoms with Crippen LogP contribution in [0.1, 0.15) is 6.42 Å². The number of halogens is 2. The van der Waals surface area contributed by atoms with Crippen LogP contribution in [-0.2, 0) is 9.36 Å². The molecule has 1 atom stereocenters. The van der Waals surface area contributed by atoms with Crippen LogP contribution in [0.25, 0.3) is 0 Å². The summed E-state index contributed by atoms with van der Waals surface area (Å²) in [5.41, 5.74) is 0. The highest BCUT2D eigenvalue weighted by molar-refractivity contribution is 7.51. The van der Waals surface area contributed by atoms with Crippen molar-refractivity contribution < 1.29 is 24.3 Å². The highest BCUT2D eigenvalue weighted by Crippen LogP contribution is 2.34. The third kappa shape index (κ3) is 8.26. The van der Waals surface area contributed by atoms with Gasteiger partial charge in [0.1, 0.15) is 6.04 Å². The van der Waals surface area contributed by atoms with Crippen LogP contribution in [-0.4, -0.2) is 64.1 Å². The largest absolute Gasteiger partial charge is 0.480 e. The monoisotopic (exact) mass is 324 g/mol. The van der Waals surface area contributed by atoms with Crippen molar-refractivity contribution in [2.45, 2.75) is 12.5 Å². The summed E-state index contributed by atoms with van der Waals surface area (Å²) in [5, 5.41) is 11.7. The van der Waals surface area contributed by atoms with Gasteiger partial charge < -0.3 is 20.2 Å². The van der Waals surface area contributed by atoms with Crippen molar-refractivity contribution in [2.75, 3.05) is 32.3 Å². The molecular weight excluding hydrogens is 306 g/mol. The summed E-state index contributed by atoms with van der Waals surface area (Å²) in [5.74, 6) is -0.889. The van der Waals surface area contributed by atoms with E-state index < -0.39 is 19.6 Å². The number of rotatable bonds is 5. The Morgan fingerprint density at radius 1 is 1.39 bits per heavy atom. The number of nitrogens with zero attached hydrogens (tertiary/aromatic N) is 1. The molecule has 0 spiro atoms. The molecular formula is C8H19Cl2N2O5P. The Labute approximate surface area is 118 Å². The SMILES string of the molecule is Cl.Cl.O=C(O)C1CN(CCCP(=O)(O)O)CCN1. The van der Waals surface area contributed by atoms with E-state index in [0.717, 1.165) is 0 Å². The number of hydrogen-bond donors (Lipinski definition) is 4. The first-order valence-corrected chi connectivity index (χ1v) is 6.91. The van der Waals surface area contributed by atoms with Crippen molar-refractivity contribution >= 4 is 38.4 Å². The predicted octanol–water partition coefficient (Wildman–Crippen LogP) is -0.244. The Morgan fingerprint density at radius 3 is 2.50 bits per heavy atom. The molecule has 4 N–H and O–H groups in total.